The summed E-state index contributed by atoms with van der Waals surface area (Å²) in [5, 5.41) is 7.33. The fourth-order valence-corrected chi connectivity index (χ4v) is 2.75. The second-order valence-corrected chi connectivity index (χ2v) is 6.94. The van der Waals surface area contributed by atoms with Gasteiger partial charge >= 0.3 is 0 Å². The van der Waals surface area contributed by atoms with E-state index in [2.05, 4.69) is 22.5 Å². The van der Waals surface area contributed by atoms with Crippen LogP contribution in [0.4, 0.5) is 4.39 Å². The largest absolute Gasteiger partial charge is 0.352 e. The zero-order valence-corrected chi connectivity index (χ0v) is 16.4. The molecule has 2 N–H and O–H groups in total. The van der Waals surface area contributed by atoms with Crippen LogP contribution >= 0.6 is 11.6 Å². The van der Waals surface area contributed by atoms with E-state index in [1.165, 1.54) is 6.07 Å². The standard InChI is InChI=1S/C20H26ClFN4/c1-14(16-6-8-18(21)9-7-16)25-20(23-2)24-12-15-5-10-19(22)17(11-15)13-26(3)4/h5-11,14H,12-13H2,1-4H3,(H2,23,24,25). The van der Waals surface area contributed by atoms with E-state index in [9.17, 15) is 4.39 Å². The van der Waals surface area contributed by atoms with E-state index in [-0.39, 0.29) is 11.9 Å². The number of aliphatic imine (C=N–C) groups is 1. The van der Waals surface area contributed by atoms with Crippen molar-refractivity contribution in [3.63, 3.8) is 0 Å². The van der Waals surface area contributed by atoms with Gasteiger partial charge in [-0.05, 0) is 56.4 Å². The molecule has 1 unspecified atom stereocenters. The van der Waals surface area contributed by atoms with Crippen LogP contribution in [0.3, 0.4) is 0 Å². The molecule has 0 amide bonds. The molecule has 26 heavy (non-hydrogen) atoms. The smallest absolute Gasteiger partial charge is 0.191 e. The maximum atomic E-state index is 13.9. The Balaban J connectivity index is 1.97. The molecule has 0 aromatic heterocycles. The molecule has 0 spiro atoms. The number of benzene rings is 2. The van der Waals surface area contributed by atoms with Crippen LogP contribution in [0.25, 0.3) is 0 Å². The molecule has 0 saturated heterocycles. The summed E-state index contributed by atoms with van der Waals surface area (Å²) < 4.78 is 13.9. The zero-order valence-electron chi connectivity index (χ0n) is 15.7. The molecule has 0 fully saturated rings. The molecule has 0 radical (unpaired) electrons. The van der Waals surface area contributed by atoms with E-state index >= 15 is 0 Å². The van der Waals surface area contributed by atoms with E-state index in [0.29, 0.717) is 29.6 Å². The average Bonchev–Trinajstić information content (AvgIpc) is 2.61. The van der Waals surface area contributed by atoms with Crippen molar-refractivity contribution in [1.82, 2.24) is 15.5 Å². The van der Waals surface area contributed by atoms with Gasteiger partial charge in [-0.3, -0.25) is 4.99 Å². The molecule has 0 bridgehead atoms. The summed E-state index contributed by atoms with van der Waals surface area (Å²) in [4.78, 5) is 6.21. The Kier molecular flexibility index (Phi) is 7.42. The van der Waals surface area contributed by atoms with Crippen LogP contribution in [0.5, 0.6) is 0 Å². The van der Waals surface area contributed by atoms with Crippen LogP contribution in [0.1, 0.15) is 29.7 Å². The molecule has 0 aliphatic carbocycles. The number of nitrogens with zero attached hydrogens (tertiary/aromatic N) is 2. The normalized spacial score (nSPS) is 13.0. The monoisotopic (exact) mass is 376 g/mol. The molecule has 0 aliphatic heterocycles. The number of guanidine groups is 1. The Bertz CT molecular complexity index is 744. The number of hydrogen-bond acceptors (Lipinski definition) is 2. The highest BCUT2D eigenvalue weighted by atomic mass is 35.5. The number of hydrogen-bond donors (Lipinski definition) is 2. The van der Waals surface area contributed by atoms with Crippen LogP contribution in [0.15, 0.2) is 47.5 Å². The van der Waals surface area contributed by atoms with Crippen molar-refractivity contribution in [2.75, 3.05) is 21.1 Å². The van der Waals surface area contributed by atoms with Crippen molar-refractivity contribution >= 4 is 17.6 Å². The molecule has 4 nitrogen and oxygen atoms in total. The quantitative estimate of drug-likeness (QED) is 0.592. The summed E-state index contributed by atoms with van der Waals surface area (Å²) in [6, 6.07) is 13.0. The first-order valence-electron chi connectivity index (χ1n) is 8.53. The molecule has 2 aromatic rings. The lowest BCUT2D eigenvalue weighted by molar-refractivity contribution is 0.392. The van der Waals surface area contributed by atoms with E-state index in [1.54, 1.807) is 13.1 Å². The van der Waals surface area contributed by atoms with E-state index in [1.807, 2.05) is 49.3 Å². The van der Waals surface area contributed by atoms with E-state index < -0.39 is 0 Å². The molecule has 0 aliphatic rings. The predicted molar refractivity (Wildman–Crippen MR) is 107 cm³/mol. The number of nitrogens with one attached hydrogen (secondary N) is 2. The molecule has 0 saturated carbocycles. The van der Waals surface area contributed by atoms with Gasteiger partial charge in [-0.15, -0.1) is 0 Å². The van der Waals surface area contributed by atoms with Gasteiger partial charge in [0, 0.05) is 30.7 Å². The molecule has 2 rings (SSSR count). The fraction of sp³-hybridized carbons (Fsp3) is 0.350. The van der Waals surface area contributed by atoms with Gasteiger partial charge < -0.3 is 15.5 Å². The molecular weight excluding hydrogens is 351 g/mol. The summed E-state index contributed by atoms with van der Waals surface area (Å²) >= 11 is 5.94. The highest BCUT2D eigenvalue weighted by molar-refractivity contribution is 6.30. The van der Waals surface area contributed by atoms with Gasteiger partial charge in [0.25, 0.3) is 0 Å². The summed E-state index contributed by atoms with van der Waals surface area (Å²) in [7, 11) is 5.58. The molecule has 6 heteroatoms. The van der Waals surface area contributed by atoms with Crippen molar-refractivity contribution in [3.05, 3.63) is 70.0 Å². The third kappa shape index (κ3) is 6.00. The van der Waals surface area contributed by atoms with Gasteiger partial charge in [-0.25, -0.2) is 4.39 Å². The van der Waals surface area contributed by atoms with Crippen molar-refractivity contribution in [1.29, 1.82) is 0 Å². The highest BCUT2D eigenvalue weighted by Crippen LogP contribution is 2.16. The second-order valence-electron chi connectivity index (χ2n) is 6.51. The second kappa shape index (κ2) is 9.55. The summed E-state index contributed by atoms with van der Waals surface area (Å²) in [6.07, 6.45) is 0. The number of halogens is 2. The van der Waals surface area contributed by atoms with Gasteiger partial charge in [0.2, 0.25) is 0 Å². The molecule has 0 heterocycles. The third-order valence-electron chi connectivity index (χ3n) is 4.00. The lowest BCUT2D eigenvalue weighted by Crippen LogP contribution is -2.38. The average molecular weight is 377 g/mol. The minimum Gasteiger partial charge on any atom is -0.352 e. The first-order valence-corrected chi connectivity index (χ1v) is 8.91. The maximum Gasteiger partial charge on any atom is 0.191 e. The van der Waals surface area contributed by atoms with Crippen LogP contribution < -0.4 is 10.6 Å². The van der Waals surface area contributed by atoms with Crippen LogP contribution in [0.2, 0.25) is 5.02 Å². The minimum absolute atomic E-state index is 0.0796. The number of rotatable bonds is 6. The SMILES string of the molecule is CN=C(NCc1ccc(F)c(CN(C)C)c1)NC(C)c1ccc(Cl)cc1. The Hall–Kier alpha value is -2.11. The first kappa shape index (κ1) is 20.2. The van der Waals surface area contributed by atoms with Gasteiger partial charge in [-0.1, -0.05) is 29.8 Å². The van der Waals surface area contributed by atoms with Crippen LogP contribution in [-0.2, 0) is 13.1 Å². The summed E-state index contributed by atoms with van der Waals surface area (Å²) in [5.74, 6) is 0.507. The van der Waals surface area contributed by atoms with Gasteiger partial charge in [0.05, 0.1) is 6.04 Å². The Morgan fingerprint density at radius 1 is 1.19 bits per heavy atom. The molecule has 140 valence electrons. The van der Waals surface area contributed by atoms with Crippen LogP contribution in [-0.4, -0.2) is 32.0 Å². The lowest BCUT2D eigenvalue weighted by Gasteiger charge is -2.19. The van der Waals surface area contributed by atoms with Crippen molar-refractivity contribution < 1.29 is 4.39 Å². The van der Waals surface area contributed by atoms with Crippen molar-refractivity contribution in [3.8, 4) is 0 Å². The van der Waals surface area contributed by atoms with E-state index in [0.717, 1.165) is 11.1 Å². The molecular formula is C20H26ClFN4. The summed E-state index contributed by atoms with van der Waals surface area (Å²) in [6.45, 7) is 3.19. The van der Waals surface area contributed by atoms with Gasteiger partial charge in [-0.2, -0.15) is 0 Å². The summed E-state index contributed by atoms with van der Waals surface area (Å²) in [5.41, 5.74) is 2.81. The van der Waals surface area contributed by atoms with Gasteiger partial charge in [0.1, 0.15) is 5.82 Å². The highest BCUT2D eigenvalue weighted by Gasteiger charge is 2.09. The predicted octanol–water partition coefficient (Wildman–Crippen LogP) is 3.97. The Labute approximate surface area is 160 Å². The molecule has 1 atom stereocenters. The third-order valence-corrected chi connectivity index (χ3v) is 4.26. The first-order chi connectivity index (χ1) is 12.4. The van der Waals surface area contributed by atoms with Crippen molar-refractivity contribution in [2.24, 2.45) is 4.99 Å². The fourth-order valence-electron chi connectivity index (χ4n) is 2.62. The Morgan fingerprint density at radius 3 is 2.50 bits per heavy atom. The topological polar surface area (TPSA) is 39.7 Å². The maximum absolute atomic E-state index is 13.9. The van der Waals surface area contributed by atoms with Crippen LogP contribution in [0, 0.1) is 5.82 Å². The lowest BCUT2D eigenvalue weighted by atomic mass is 10.1. The molecule has 2 aromatic carbocycles. The van der Waals surface area contributed by atoms with Crippen molar-refractivity contribution in [2.45, 2.75) is 26.1 Å². The van der Waals surface area contributed by atoms with Gasteiger partial charge in [0.15, 0.2) is 5.96 Å². The Morgan fingerprint density at radius 2 is 1.88 bits per heavy atom. The van der Waals surface area contributed by atoms with E-state index in [4.69, 9.17) is 11.6 Å². The zero-order chi connectivity index (χ0) is 19.1. The minimum atomic E-state index is -0.179.